The number of pyridine rings is 1. The summed E-state index contributed by atoms with van der Waals surface area (Å²) in [5, 5.41) is 13.3. The molecule has 6 nitrogen and oxygen atoms in total. The van der Waals surface area contributed by atoms with E-state index in [1.54, 1.807) is 12.4 Å². The second-order valence-electron chi connectivity index (χ2n) is 6.33. The summed E-state index contributed by atoms with van der Waals surface area (Å²) in [5.41, 5.74) is 2.85. The Hall–Kier alpha value is -2.73. The third kappa shape index (κ3) is 3.53. The molecule has 3 aromatic rings. The lowest BCUT2D eigenvalue weighted by Crippen LogP contribution is -2.39. The van der Waals surface area contributed by atoms with E-state index in [1.807, 2.05) is 30.3 Å². The van der Waals surface area contributed by atoms with Crippen LogP contribution in [0.3, 0.4) is 0 Å². The lowest BCUT2D eigenvalue weighted by Gasteiger charge is -2.32. The molecular formula is C19H21N5O. The Balaban J connectivity index is 1.52. The van der Waals surface area contributed by atoms with Crippen LogP contribution in [0.4, 0.5) is 11.6 Å². The molecule has 128 valence electrons. The van der Waals surface area contributed by atoms with Gasteiger partial charge in [-0.1, -0.05) is 18.2 Å². The van der Waals surface area contributed by atoms with E-state index in [-0.39, 0.29) is 6.10 Å². The number of hydrogen-bond donors (Lipinski definition) is 2. The Labute approximate surface area is 146 Å². The van der Waals surface area contributed by atoms with Crippen LogP contribution in [0.1, 0.15) is 18.4 Å². The number of hydrogen-bond acceptors (Lipinski definition) is 6. The monoisotopic (exact) mass is 335 g/mol. The van der Waals surface area contributed by atoms with Gasteiger partial charge in [-0.05, 0) is 31.0 Å². The van der Waals surface area contributed by atoms with E-state index >= 15 is 0 Å². The largest absolute Gasteiger partial charge is 0.391 e. The predicted octanol–water partition coefficient (Wildman–Crippen LogP) is 2.60. The molecule has 1 fully saturated rings. The lowest BCUT2D eigenvalue weighted by atomic mass is 10.1. The lowest BCUT2D eigenvalue weighted by molar-refractivity contribution is 0.154. The van der Waals surface area contributed by atoms with Crippen molar-refractivity contribution in [2.75, 3.05) is 23.3 Å². The fourth-order valence-corrected chi connectivity index (χ4v) is 3.23. The summed E-state index contributed by atoms with van der Waals surface area (Å²) < 4.78 is 0. The Morgan fingerprint density at radius 2 is 2.00 bits per heavy atom. The van der Waals surface area contributed by atoms with Crippen LogP contribution in [0.15, 0.2) is 48.8 Å². The highest BCUT2D eigenvalue weighted by molar-refractivity contribution is 5.75. The van der Waals surface area contributed by atoms with E-state index in [9.17, 15) is 5.11 Å². The van der Waals surface area contributed by atoms with Crippen molar-refractivity contribution in [1.29, 1.82) is 0 Å². The van der Waals surface area contributed by atoms with Crippen molar-refractivity contribution < 1.29 is 5.11 Å². The molecule has 0 saturated carbocycles. The van der Waals surface area contributed by atoms with Gasteiger partial charge in [0, 0.05) is 31.4 Å². The molecule has 2 aromatic heterocycles. The third-order valence-electron chi connectivity index (χ3n) is 4.47. The van der Waals surface area contributed by atoms with E-state index in [4.69, 9.17) is 0 Å². The smallest absolute Gasteiger partial charge is 0.145 e. The number of piperidine rings is 1. The first-order chi connectivity index (χ1) is 12.3. The summed E-state index contributed by atoms with van der Waals surface area (Å²) in [6.07, 6.45) is 5.13. The first-order valence-electron chi connectivity index (χ1n) is 8.62. The zero-order chi connectivity index (χ0) is 17.1. The summed E-state index contributed by atoms with van der Waals surface area (Å²) in [5.74, 6) is 1.68. The predicted molar refractivity (Wildman–Crippen MR) is 98.6 cm³/mol. The van der Waals surface area contributed by atoms with Crippen molar-refractivity contribution >= 4 is 22.7 Å². The fourth-order valence-electron chi connectivity index (χ4n) is 3.23. The summed E-state index contributed by atoms with van der Waals surface area (Å²) >= 11 is 0. The van der Waals surface area contributed by atoms with Crippen LogP contribution in [0.2, 0.25) is 0 Å². The number of anilines is 2. The summed E-state index contributed by atoms with van der Waals surface area (Å²) in [4.78, 5) is 15.7. The second kappa shape index (κ2) is 7.03. The van der Waals surface area contributed by atoms with Crippen LogP contribution in [0.5, 0.6) is 0 Å². The first-order valence-corrected chi connectivity index (χ1v) is 8.62. The van der Waals surface area contributed by atoms with Crippen LogP contribution < -0.4 is 10.2 Å². The highest BCUT2D eigenvalue weighted by Crippen LogP contribution is 2.22. The molecule has 1 aliphatic rings. The van der Waals surface area contributed by atoms with E-state index in [0.717, 1.165) is 47.6 Å². The average Bonchev–Trinajstić information content (AvgIpc) is 2.66. The van der Waals surface area contributed by atoms with Crippen molar-refractivity contribution in [3.8, 4) is 0 Å². The van der Waals surface area contributed by atoms with Crippen LogP contribution in [-0.2, 0) is 6.54 Å². The van der Waals surface area contributed by atoms with Gasteiger partial charge in [-0.15, -0.1) is 0 Å². The highest BCUT2D eigenvalue weighted by atomic mass is 16.3. The fraction of sp³-hybridized carbons (Fsp3) is 0.316. The maximum atomic E-state index is 9.94. The van der Waals surface area contributed by atoms with Crippen LogP contribution in [0, 0.1) is 0 Å². The molecule has 4 rings (SSSR count). The molecule has 0 amide bonds. The van der Waals surface area contributed by atoms with Gasteiger partial charge in [-0.3, -0.25) is 4.98 Å². The summed E-state index contributed by atoms with van der Waals surface area (Å²) in [6, 6.07) is 11.8. The number of aliphatic hydroxyl groups excluding tert-OH is 1. The first kappa shape index (κ1) is 15.8. The molecule has 0 unspecified atom stereocenters. The zero-order valence-corrected chi connectivity index (χ0v) is 14.0. The molecule has 25 heavy (non-hydrogen) atoms. The quantitative estimate of drug-likeness (QED) is 0.763. The number of para-hydroxylation sites is 2. The molecule has 0 aliphatic carbocycles. The maximum Gasteiger partial charge on any atom is 0.145 e. The molecule has 6 heteroatoms. The number of nitrogens with zero attached hydrogens (tertiary/aromatic N) is 4. The number of β-amino-alcohol motifs (C(OH)–C–C–N with tert-alkyl or cyclic N) is 1. The van der Waals surface area contributed by atoms with Crippen molar-refractivity contribution in [1.82, 2.24) is 15.0 Å². The van der Waals surface area contributed by atoms with E-state index in [1.165, 1.54) is 0 Å². The highest BCUT2D eigenvalue weighted by Gasteiger charge is 2.20. The second-order valence-corrected chi connectivity index (χ2v) is 6.33. The molecule has 1 aliphatic heterocycles. The molecule has 3 heterocycles. The minimum atomic E-state index is -0.275. The van der Waals surface area contributed by atoms with E-state index in [2.05, 4.69) is 31.2 Å². The number of fused-ring (bicyclic) bond motifs is 1. The number of rotatable bonds is 4. The molecule has 1 atom stereocenters. The van der Waals surface area contributed by atoms with Gasteiger partial charge in [0.1, 0.15) is 11.6 Å². The van der Waals surface area contributed by atoms with Gasteiger partial charge in [0.25, 0.3) is 0 Å². The Kier molecular flexibility index (Phi) is 4.43. The number of aromatic nitrogens is 3. The average molecular weight is 335 g/mol. The van der Waals surface area contributed by atoms with Crippen molar-refractivity contribution in [2.24, 2.45) is 0 Å². The van der Waals surface area contributed by atoms with Gasteiger partial charge in [0.05, 0.1) is 23.3 Å². The molecular weight excluding hydrogens is 314 g/mol. The SMILES string of the molecule is O[C@@H]1CCCN(c2ncccc2CNc2cnc3ccccc3n2)C1. The van der Waals surface area contributed by atoms with E-state index in [0.29, 0.717) is 13.1 Å². The van der Waals surface area contributed by atoms with Gasteiger partial charge in [0.2, 0.25) is 0 Å². The summed E-state index contributed by atoms with van der Waals surface area (Å²) in [6.45, 7) is 2.18. The summed E-state index contributed by atoms with van der Waals surface area (Å²) in [7, 11) is 0. The molecule has 0 bridgehead atoms. The number of nitrogens with one attached hydrogen (secondary N) is 1. The van der Waals surface area contributed by atoms with Crippen molar-refractivity contribution in [3.05, 3.63) is 54.4 Å². The minimum Gasteiger partial charge on any atom is -0.391 e. The Morgan fingerprint density at radius 1 is 1.12 bits per heavy atom. The topological polar surface area (TPSA) is 74.2 Å². The molecule has 1 aromatic carbocycles. The molecule has 0 radical (unpaired) electrons. The van der Waals surface area contributed by atoms with Gasteiger partial charge >= 0.3 is 0 Å². The van der Waals surface area contributed by atoms with Crippen LogP contribution >= 0.6 is 0 Å². The van der Waals surface area contributed by atoms with Crippen LogP contribution in [-0.4, -0.2) is 39.3 Å². The minimum absolute atomic E-state index is 0.275. The molecule has 2 N–H and O–H groups in total. The van der Waals surface area contributed by atoms with Crippen molar-refractivity contribution in [3.63, 3.8) is 0 Å². The number of benzene rings is 1. The van der Waals surface area contributed by atoms with Gasteiger partial charge in [-0.2, -0.15) is 0 Å². The number of aliphatic hydroxyl groups is 1. The van der Waals surface area contributed by atoms with E-state index < -0.39 is 0 Å². The Bertz CT molecular complexity index is 869. The van der Waals surface area contributed by atoms with Crippen LogP contribution in [0.25, 0.3) is 11.0 Å². The van der Waals surface area contributed by atoms with Gasteiger partial charge in [-0.25, -0.2) is 9.97 Å². The van der Waals surface area contributed by atoms with Crippen molar-refractivity contribution in [2.45, 2.75) is 25.5 Å². The maximum absolute atomic E-state index is 9.94. The molecule has 1 saturated heterocycles. The standard InChI is InChI=1S/C19H21N5O/c25-15-6-4-10-24(13-15)19-14(5-3-9-20-19)11-22-18-12-21-16-7-1-2-8-17(16)23-18/h1-3,5,7-9,12,15,25H,4,6,10-11,13H2,(H,22,23)/t15-/m1/s1. The van der Waals surface area contributed by atoms with Gasteiger partial charge < -0.3 is 15.3 Å². The molecule has 0 spiro atoms. The Morgan fingerprint density at radius 3 is 2.88 bits per heavy atom. The zero-order valence-electron chi connectivity index (χ0n) is 14.0. The normalized spacial score (nSPS) is 17.6. The third-order valence-corrected chi connectivity index (χ3v) is 4.47. The van der Waals surface area contributed by atoms with Gasteiger partial charge in [0.15, 0.2) is 0 Å².